The predicted octanol–water partition coefficient (Wildman–Crippen LogP) is 1.27. The van der Waals surface area contributed by atoms with Crippen molar-refractivity contribution < 1.29 is 77.9 Å². The van der Waals surface area contributed by atoms with E-state index in [0.717, 1.165) is 38.5 Å². The Bertz CT molecular complexity index is 2080. The lowest BCUT2D eigenvalue weighted by Gasteiger charge is -2.32. The van der Waals surface area contributed by atoms with Gasteiger partial charge in [-0.25, -0.2) is 4.79 Å². The van der Waals surface area contributed by atoms with Crippen molar-refractivity contribution in [2.75, 3.05) is 13.2 Å². The molecule has 0 spiro atoms. The highest BCUT2D eigenvalue weighted by Gasteiger charge is 2.41. The molecule has 13 N–H and O–H groups in total. The van der Waals surface area contributed by atoms with E-state index < -0.39 is 170 Å². The maximum atomic E-state index is 14.8. The molecule has 1 heterocycles. The average Bonchev–Trinajstić information content (AvgIpc) is 3.58. The first-order valence-corrected chi connectivity index (χ1v) is 29.6. The van der Waals surface area contributed by atoms with Gasteiger partial charge in [0, 0.05) is 6.42 Å². The van der Waals surface area contributed by atoms with Gasteiger partial charge in [0.15, 0.2) is 0 Å². The van der Waals surface area contributed by atoms with E-state index in [4.69, 9.17) is 4.74 Å². The molecule has 1 rings (SSSR count). The second-order valence-electron chi connectivity index (χ2n) is 23.3. The number of amides is 9. The fraction of sp³-hybridized carbons (Fsp3) is 0.807. The molecule has 0 aromatic carbocycles. The monoisotopic (exact) mass is 1170 g/mol. The van der Waals surface area contributed by atoms with E-state index in [0.29, 0.717) is 12.8 Å². The van der Waals surface area contributed by atoms with Crippen LogP contribution in [0, 0.1) is 29.6 Å². The molecule has 0 bridgehead atoms. The van der Waals surface area contributed by atoms with Crippen LogP contribution in [0.4, 0.5) is 0 Å². The number of aliphatic carboxylic acids is 1. The molecule has 1 saturated heterocycles. The van der Waals surface area contributed by atoms with Crippen LogP contribution in [0.5, 0.6) is 0 Å². The maximum Gasteiger partial charge on any atom is 0.329 e. The third kappa shape index (κ3) is 27.4. The van der Waals surface area contributed by atoms with Crippen molar-refractivity contribution in [1.82, 2.24) is 47.9 Å². The molecule has 25 nitrogen and oxygen atoms in total. The van der Waals surface area contributed by atoms with Crippen LogP contribution in [0.3, 0.4) is 0 Å². The molecular formula is C57H101N9O16. The van der Waals surface area contributed by atoms with Gasteiger partial charge in [0.2, 0.25) is 53.2 Å². The van der Waals surface area contributed by atoms with Gasteiger partial charge in [-0.3, -0.25) is 47.9 Å². The van der Waals surface area contributed by atoms with Crippen molar-refractivity contribution in [3.05, 3.63) is 0 Å². The topological polar surface area (TPSA) is 386 Å². The summed E-state index contributed by atoms with van der Waals surface area (Å²) in [7, 11) is 0. The molecule has 1 aliphatic rings. The number of hydrogen-bond acceptors (Lipinski definition) is 15. The van der Waals surface area contributed by atoms with Crippen molar-refractivity contribution in [3.8, 4) is 0 Å². The zero-order chi connectivity index (χ0) is 62.4. The summed E-state index contributed by atoms with van der Waals surface area (Å²) in [6.07, 6.45) is 3.74. The number of nitrogens with one attached hydrogen (secondary N) is 9. The Morgan fingerprint density at radius 3 is 1.50 bits per heavy atom. The van der Waals surface area contributed by atoms with Crippen molar-refractivity contribution >= 4 is 65.1 Å². The second-order valence-corrected chi connectivity index (χ2v) is 23.3. The zero-order valence-corrected chi connectivity index (χ0v) is 50.7. The van der Waals surface area contributed by atoms with E-state index in [2.05, 4.69) is 54.8 Å². The first kappa shape index (κ1) is 74.1. The molecule has 0 aromatic rings. The van der Waals surface area contributed by atoms with Gasteiger partial charge in [-0.1, -0.05) is 134 Å². The first-order valence-electron chi connectivity index (χ1n) is 29.6. The SMILES string of the molecule is CCCCCCCCC[C@H](O)CC(=O)N[C@@H](CC(C)C)C(=O)N[C@H](CCC(=O)O)C(=O)N[C@H]1C(=O)N[C@H]([C@@H](C)CC)C(=O)N[C@@H](CC(C)C)C(=O)N[C@H](CO)C(=O)N[C@@H](CC(C)C)C(=O)N[C@H](CO)C(=O)N[C@@H]([C@H](C)CC)C(=O)O[C@@H]1C. The molecule has 25 heteroatoms. The molecule has 0 radical (unpaired) electrons. The number of rotatable bonds is 30. The van der Waals surface area contributed by atoms with E-state index in [-0.39, 0.29) is 56.3 Å². The zero-order valence-electron chi connectivity index (χ0n) is 50.7. The Kier molecular flexibility index (Phi) is 35.0. The smallest absolute Gasteiger partial charge is 0.329 e. The van der Waals surface area contributed by atoms with E-state index in [1.807, 2.05) is 0 Å². The fourth-order valence-corrected chi connectivity index (χ4v) is 9.13. The lowest BCUT2D eigenvalue weighted by molar-refractivity contribution is -0.158. The highest BCUT2D eigenvalue weighted by molar-refractivity contribution is 5.99. The Balaban J connectivity index is 3.98. The first-order chi connectivity index (χ1) is 38.5. The number of aliphatic hydroxyl groups is 3. The number of ether oxygens (including phenoxy) is 1. The summed E-state index contributed by atoms with van der Waals surface area (Å²) < 4.78 is 5.85. The van der Waals surface area contributed by atoms with Gasteiger partial charge < -0.3 is 73.0 Å². The number of hydrogen-bond donors (Lipinski definition) is 13. The molecule has 82 heavy (non-hydrogen) atoms. The minimum Gasteiger partial charge on any atom is -0.481 e. The number of aliphatic hydroxyl groups excluding tert-OH is 3. The van der Waals surface area contributed by atoms with E-state index in [1.165, 1.54) is 6.92 Å². The Morgan fingerprint density at radius 2 is 1.01 bits per heavy atom. The highest BCUT2D eigenvalue weighted by atomic mass is 16.5. The molecule has 0 aliphatic carbocycles. The summed E-state index contributed by atoms with van der Waals surface area (Å²) in [6.45, 7) is 18.5. The summed E-state index contributed by atoms with van der Waals surface area (Å²) >= 11 is 0. The molecule has 1 fully saturated rings. The molecule has 13 atom stereocenters. The average molecular weight is 1170 g/mol. The Hall–Kier alpha value is -5.95. The minimum absolute atomic E-state index is 0.00953. The van der Waals surface area contributed by atoms with E-state index in [9.17, 15) is 73.2 Å². The van der Waals surface area contributed by atoms with Crippen LogP contribution in [-0.2, 0) is 57.5 Å². The summed E-state index contributed by atoms with van der Waals surface area (Å²) in [5.74, 6) is -13.3. The molecule has 1 aliphatic heterocycles. The normalized spacial score (nSPS) is 23.9. The van der Waals surface area contributed by atoms with Gasteiger partial charge in [0.25, 0.3) is 0 Å². The van der Waals surface area contributed by atoms with Crippen LogP contribution in [0.25, 0.3) is 0 Å². The third-order valence-corrected chi connectivity index (χ3v) is 14.4. The maximum absolute atomic E-state index is 14.8. The standard InChI is InChI=1S/C57H101N9O16/c1-13-16-17-18-19-20-21-22-37(69)28-44(70)58-39(25-31(4)5)50(74)59-38(23-24-45(71)72)49(73)66-48-36(12)82-57(81)47(35(11)15-3)65-54(78)43(30-68)63-51(75)40(26-32(6)7)60-53(77)42(29-67)62-52(76)41(27-33(8)9)61-55(79)46(34(10)14-2)64-56(48)80/h31-43,46-48,67-69H,13-30H2,1-12H3,(H,58,70)(H,59,74)(H,60,77)(H,61,79)(H,62,76)(H,63,75)(H,64,80)(H,65,78)(H,66,73)(H,71,72)/t34-,35+,36+,37-,38+,39-,40-,41-,42+,43+,46+,47-,48+/m0/s1. The van der Waals surface area contributed by atoms with Crippen LogP contribution >= 0.6 is 0 Å². The molecule has 9 amide bonds. The number of carbonyl (C=O) groups is 11. The number of carboxylic acids is 1. The van der Waals surface area contributed by atoms with E-state index in [1.54, 1.807) is 69.2 Å². The van der Waals surface area contributed by atoms with Crippen LogP contribution in [0.2, 0.25) is 0 Å². The molecule has 0 aromatic heterocycles. The van der Waals surface area contributed by atoms with Crippen LogP contribution in [0.15, 0.2) is 0 Å². The summed E-state index contributed by atoms with van der Waals surface area (Å²) in [5.41, 5.74) is 0. The Labute approximate surface area is 484 Å². The molecule has 0 saturated carbocycles. The summed E-state index contributed by atoms with van der Waals surface area (Å²) in [4.78, 5) is 153. The second kappa shape index (κ2) is 38.8. The fourth-order valence-electron chi connectivity index (χ4n) is 9.13. The van der Waals surface area contributed by atoms with E-state index >= 15 is 0 Å². The number of carbonyl (C=O) groups excluding carboxylic acids is 10. The van der Waals surface area contributed by atoms with Gasteiger partial charge in [-0.2, -0.15) is 0 Å². The Morgan fingerprint density at radius 1 is 0.549 bits per heavy atom. The van der Waals surface area contributed by atoms with Gasteiger partial charge in [-0.15, -0.1) is 0 Å². The molecule has 470 valence electrons. The van der Waals surface area contributed by atoms with Crippen molar-refractivity contribution in [3.63, 3.8) is 0 Å². The van der Waals surface area contributed by atoms with Crippen molar-refractivity contribution in [2.24, 2.45) is 29.6 Å². The van der Waals surface area contributed by atoms with Crippen molar-refractivity contribution in [1.29, 1.82) is 0 Å². The highest BCUT2D eigenvalue weighted by Crippen LogP contribution is 2.18. The number of esters is 1. The van der Waals surface area contributed by atoms with Crippen LogP contribution < -0.4 is 47.9 Å². The van der Waals surface area contributed by atoms with Crippen LogP contribution in [-0.4, -0.2) is 165 Å². The summed E-state index contributed by atoms with van der Waals surface area (Å²) in [6, 6.07) is -14.1. The number of unbranched alkanes of at least 4 members (excludes halogenated alkanes) is 6. The summed E-state index contributed by atoms with van der Waals surface area (Å²) in [5, 5.41) is 63.9. The van der Waals surface area contributed by atoms with Gasteiger partial charge in [-0.05, 0) is 68.6 Å². The minimum atomic E-state index is -1.95. The van der Waals surface area contributed by atoms with Crippen molar-refractivity contribution in [2.45, 2.75) is 252 Å². The largest absolute Gasteiger partial charge is 0.481 e. The van der Waals surface area contributed by atoms with Crippen LogP contribution in [0.1, 0.15) is 186 Å². The van der Waals surface area contributed by atoms with Gasteiger partial charge in [0.1, 0.15) is 60.5 Å². The van der Waals surface area contributed by atoms with Gasteiger partial charge in [0.05, 0.1) is 25.7 Å². The quantitative estimate of drug-likeness (QED) is 0.0356. The lowest BCUT2D eigenvalue weighted by atomic mass is 9.96. The number of cyclic esters (lactones) is 1. The van der Waals surface area contributed by atoms with Gasteiger partial charge >= 0.3 is 11.9 Å². The number of carboxylic acid groups (broad SMARTS) is 1. The predicted molar refractivity (Wildman–Crippen MR) is 304 cm³/mol. The molecule has 0 unspecified atom stereocenters. The lowest BCUT2D eigenvalue weighted by Crippen LogP contribution is -2.64. The molecular weight excluding hydrogens is 1070 g/mol. The third-order valence-electron chi connectivity index (χ3n) is 14.4.